The Bertz CT molecular complexity index is 1170. The minimum Gasteiger partial charge on any atom is -0.495 e. The third-order valence-corrected chi connectivity index (χ3v) is 6.24. The van der Waals surface area contributed by atoms with E-state index < -0.39 is 5.97 Å². The highest BCUT2D eigenvalue weighted by Crippen LogP contribution is 2.35. The second kappa shape index (κ2) is 8.76. The minimum atomic E-state index is -0.412. The number of aromatic nitrogens is 3. The first-order valence-corrected chi connectivity index (χ1v) is 10.9. The molecule has 0 fully saturated rings. The first-order valence-electron chi connectivity index (χ1n) is 9.05. The highest BCUT2D eigenvalue weighted by atomic mass is 32.2. The van der Waals surface area contributed by atoms with E-state index in [-0.39, 0.29) is 0 Å². The topological polar surface area (TPSA) is 79.4 Å². The fourth-order valence-electron chi connectivity index (χ4n) is 3.02. The molecule has 3 heterocycles. The number of nitrogens with zero attached hydrogens (tertiary/aromatic N) is 3. The third kappa shape index (κ3) is 3.86. The number of para-hydroxylation sites is 2. The Kier molecular flexibility index (Phi) is 5.91. The van der Waals surface area contributed by atoms with E-state index in [2.05, 4.69) is 10.2 Å². The summed E-state index contributed by atoms with van der Waals surface area (Å²) in [6.45, 7) is 1.74. The van der Waals surface area contributed by atoms with Crippen LogP contribution in [0.4, 0.5) is 0 Å². The van der Waals surface area contributed by atoms with Crippen molar-refractivity contribution in [1.29, 1.82) is 0 Å². The zero-order valence-corrected chi connectivity index (χ0v) is 18.3. The van der Waals surface area contributed by atoms with Gasteiger partial charge in [-0.1, -0.05) is 30.0 Å². The normalized spacial score (nSPS) is 10.9. The van der Waals surface area contributed by atoms with Gasteiger partial charge >= 0.3 is 5.97 Å². The van der Waals surface area contributed by atoms with Crippen molar-refractivity contribution in [3.8, 4) is 22.1 Å². The molecule has 4 rings (SSSR count). The summed E-state index contributed by atoms with van der Waals surface area (Å²) in [6.07, 6.45) is 0. The first kappa shape index (κ1) is 20.2. The van der Waals surface area contributed by atoms with E-state index in [1.54, 1.807) is 31.4 Å². The van der Waals surface area contributed by atoms with Gasteiger partial charge in [-0.2, -0.15) is 0 Å². The number of ether oxygens (including phenoxy) is 2. The molecule has 0 saturated heterocycles. The summed E-state index contributed by atoms with van der Waals surface area (Å²) in [7, 11) is 2.99. The van der Waals surface area contributed by atoms with E-state index in [1.807, 2.05) is 46.3 Å². The number of thioether (sulfide) groups is 1. The molecule has 0 aliphatic rings. The Hall–Kier alpha value is -3.04. The largest absolute Gasteiger partial charge is 0.495 e. The molecule has 0 amide bonds. The van der Waals surface area contributed by atoms with Crippen molar-refractivity contribution >= 4 is 29.1 Å². The Labute approximate surface area is 181 Å². The molecule has 0 spiro atoms. The lowest BCUT2D eigenvalue weighted by atomic mass is 10.2. The number of hydrogen-bond acceptors (Lipinski definition) is 8. The predicted octanol–water partition coefficient (Wildman–Crippen LogP) is 4.98. The summed E-state index contributed by atoms with van der Waals surface area (Å²) in [6, 6.07) is 13.4. The lowest BCUT2D eigenvalue weighted by Crippen LogP contribution is -2.02. The fraction of sp³-hybridized carbons (Fsp3) is 0.190. The van der Waals surface area contributed by atoms with Crippen LogP contribution in [0.1, 0.15) is 21.9 Å². The van der Waals surface area contributed by atoms with Gasteiger partial charge in [0.15, 0.2) is 11.0 Å². The zero-order valence-electron chi connectivity index (χ0n) is 16.6. The van der Waals surface area contributed by atoms with Crippen LogP contribution < -0.4 is 4.74 Å². The molecule has 0 radical (unpaired) electrons. The number of esters is 1. The maximum absolute atomic E-state index is 11.8. The lowest BCUT2D eigenvalue weighted by Gasteiger charge is -2.13. The summed E-state index contributed by atoms with van der Waals surface area (Å²) in [4.78, 5) is 12.8. The molecule has 0 saturated carbocycles. The van der Waals surface area contributed by atoms with E-state index in [1.165, 1.54) is 18.9 Å². The molecule has 0 bridgehead atoms. The Balaban J connectivity index is 1.70. The molecule has 7 nitrogen and oxygen atoms in total. The van der Waals surface area contributed by atoms with Gasteiger partial charge in [-0.15, -0.1) is 21.5 Å². The number of rotatable bonds is 7. The van der Waals surface area contributed by atoms with Crippen LogP contribution in [0.5, 0.6) is 5.75 Å². The molecular formula is C21H19N3O4S2. The zero-order chi connectivity index (χ0) is 21.1. The molecule has 4 aromatic rings. The van der Waals surface area contributed by atoms with Gasteiger partial charge in [-0.25, -0.2) is 4.79 Å². The summed E-state index contributed by atoms with van der Waals surface area (Å²) in [5.74, 6) is 2.72. The van der Waals surface area contributed by atoms with Gasteiger partial charge in [-0.3, -0.25) is 4.57 Å². The molecule has 0 aliphatic heterocycles. The highest BCUT2D eigenvalue weighted by Gasteiger charge is 2.21. The molecule has 0 unspecified atom stereocenters. The van der Waals surface area contributed by atoms with E-state index >= 15 is 0 Å². The summed E-state index contributed by atoms with van der Waals surface area (Å²) in [5, 5.41) is 11.5. The fourth-order valence-corrected chi connectivity index (χ4v) is 4.55. The van der Waals surface area contributed by atoms with Crippen LogP contribution in [0.15, 0.2) is 57.4 Å². The van der Waals surface area contributed by atoms with Crippen LogP contribution in [0.25, 0.3) is 16.4 Å². The van der Waals surface area contributed by atoms with E-state index in [9.17, 15) is 4.79 Å². The quantitative estimate of drug-likeness (QED) is 0.295. The molecule has 0 aliphatic carbocycles. The van der Waals surface area contributed by atoms with Crippen molar-refractivity contribution in [3.05, 3.63) is 64.9 Å². The summed E-state index contributed by atoms with van der Waals surface area (Å²) < 4.78 is 18.1. The van der Waals surface area contributed by atoms with Gasteiger partial charge in [0, 0.05) is 0 Å². The molecule has 1 aromatic carbocycles. The summed E-state index contributed by atoms with van der Waals surface area (Å²) >= 11 is 3.06. The van der Waals surface area contributed by atoms with Crippen molar-refractivity contribution in [3.63, 3.8) is 0 Å². The molecule has 30 heavy (non-hydrogen) atoms. The van der Waals surface area contributed by atoms with Crippen molar-refractivity contribution < 1.29 is 18.7 Å². The van der Waals surface area contributed by atoms with Crippen molar-refractivity contribution in [2.75, 3.05) is 14.2 Å². The average molecular weight is 442 g/mol. The second-order valence-corrected chi connectivity index (χ2v) is 8.14. The highest BCUT2D eigenvalue weighted by molar-refractivity contribution is 7.98. The SMILES string of the molecule is COC(=O)c1cc(CSc2nnc(-c3cccs3)n2-c2ccccc2OC)oc1C. The van der Waals surface area contributed by atoms with Gasteiger partial charge in [0.25, 0.3) is 0 Å². The van der Waals surface area contributed by atoms with Gasteiger partial charge in [0.2, 0.25) is 0 Å². The number of benzene rings is 1. The Morgan fingerprint density at radius 2 is 2.03 bits per heavy atom. The van der Waals surface area contributed by atoms with Crippen LogP contribution >= 0.6 is 23.1 Å². The number of carbonyl (C=O) groups excluding carboxylic acids is 1. The Morgan fingerprint density at radius 3 is 2.77 bits per heavy atom. The van der Waals surface area contributed by atoms with Crippen LogP contribution in [0.2, 0.25) is 0 Å². The van der Waals surface area contributed by atoms with Gasteiger partial charge in [0.1, 0.15) is 22.8 Å². The first-order chi connectivity index (χ1) is 14.6. The molecular weight excluding hydrogens is 422 g/mol. The smallest absolute Gasteiger partial charge is 0.341 e. The van der Waals surface area contributed by atoms with Crippen molar-refractivity contribution in [1.82, 2.24) is 14.8 Å². The van der Waals surface area contributed by atoms with Gasteiger partial charge in [0.05, 0.1) is 30.5 Å². The van der Waals surface area contributed by atoms with Crippen molar-refractivity contribution in [2.24, 2.45) is 0 Å². The maximum atomic E-state index is 11.8. The summed E-state index contributed by atoms with van der Waals surface area (Å²) in [5.41, 5.74) is 1.28. The van der Waals surface area contributed by atoms with Crippen LogP contribution in [-0.4, -0.2) is 35.0 Å². The number of furan rings is 1. The van der Waals surface area contributed by atoms with Crippen LogP contribution in [0.3, 0.4) is 0 Å². The second-order valence-electron chi connectivity index (χ2n) is 6.25. The maximum Gasteiger partial charge on any atom is 0.341 e. The number of methoxy groups -OCH3 is 2. The monoisotopic (exact) mass is 441 g/mol. The molecule has 0 N–H and O–H groups in total. The van der Waals surface area contributed by atoms with Gasteiger partial charge < -0.3 is 13.9 Å². The van der Waals surface area contributed by atoms with E-state index in [4.69, 9.17) is 13.9 Å². The standard InChI is InChI=1S/C21H19N3O4S2/c1-13-15(20(25)27-3)11-14(28-13)12-30-21-23-22-19(18-9-6-10-29-18)24(21)16-7-4-5-8-17(16)26-2/h4-11H,12H2,1-3H3. The lowest BCUT2D eigenvalue weighted by molar-refractivity contribution is 0.0599. The molecule has 154 valence electrons. The Morgan fingerprint density at radius 1 is 1.20 bits per heavy atom. The minimum absolute atomic E-state index is 0.412. The number of thiophene rings is 1. The average Bonchev–Trinajstić information content (AvgIpc) is 3.51. The third-order valence-electron chi connectivity index (χ3n) is 4.42. The molecule has 3 aromatic heterocycles. The van der Waals surface area contributed by atoms with Crippen LogP contribution in [0, 0.1) is 6.92 Å². The van der Waals surface area contributed by atoms with Gasteiger partial charge in [-0.05, 0) is 36.6 Å². The number of hydrogen-bond donors (Lipinski definition) is 0. The molecule has 9 heteroatoms. The van der Waals surface area contributed by atoms with E-state index in [0.29, 0.717) is 28.0 Å². The van der Waals surface area contributed by atoms with Crippen molar-refractivity contribution in [2.45, 2.75) is 17.8 Å². The van der Waals surface area contributed by atoms with E-state index in [0.717, 1.165) is 22.1 Å². The van der Waals surface area contributed by atoms with Crippen LogP contribution in [-0.2, 0) is 10.5 Å². The molecule has 0 atom stereocenters. The predicted molar refractivity (Wildman–Crippen MR) is 116 cm³/mol. The number of carbonyl (C=O) groups is 1. The number of aryl methyl sites for hydroxylation is 1.